The first kappa shape index (κ1) is 13.3. The monoisotopic (exact) mass is 253 g/mol. The zero-order valence-corrected chi connectivity index (χ0v) is 12.4. The van der Waals surface area contributed by atoms with Crippen LogP contribution >= 0.6 is 12.2 Å². The van der Waals surface area contributed by atoms with Gasteiger partial charge < -0.3 is 4.90 Å². The van der Waals surface area contributed by atoms with E-state index >= 15 is 0 Å². The predicted octanol–water partition coefficient (Wildman–Crippen LogP) is 4.26. The first-order chi connectivity index (χ1) is 8.09. The maximum absolute atomic E-state index is 5.76. The molecule has 2 heteroatoms. The van der Waals surface area contributed by atoms with Gasteiger partial charge >= 0.3 is 0 Å². The molecule has 3 unspecified atom stereocenters. The largest absolute Gasteiger partial charge is 0.363 e. The van der Waals surface area contributed by atoms with Crippen LogP contribution in [-0.2, 0) is 0 Å². The minimum Gasteiger partial charge on any atom is -0.363 e. The molecule has 0 aromatic carbocycles. The summed E-state index contributed by atoms with van der Waals surface area (Å²) in [5.41, 5.74) is 0. The first-order valence-electron chi connectivity index (χ1n) is 7.40. The molecule has 1 aliphatic heterocycles. The summed E-state index contributed by atoms with van der Waals surface area (Å²) in [5.74, 6) is 2.54. The average molecular weight is 253 g/mol. The van der Waals surface area contributed by atoms with Gasteiger partial charge in [-0.05, 0) is 44.9 Å². The van der Waals surface area contributed by atoms with Crippen LogP contribution in [0.2, 0.25) is 0 Å². The Morgan fingerprint density at radius 2 is 1.88 bits per heavy atom. The van der Waals surface area contributed by atoms with E-state index in [0.717, 1.165) is 11.8 Å². The SMILES string of the molecule is CC1CCCC2C(=S)N(C(C)C)CCC2CC1. The van der Waals surface area contributed by atoms with Crippen LogP contribution in [0.5, 0.6) is 0 Å². The summed E-state index contributed by atoms with van der Waals surface area (Å²) in [6.07, 6.45) is 8.35. The number of hydrogen-bond donors (Lipinski definition) is 0. The second-order valence-electron chi connectivity index (χ2n) is 6.39. The van der Waals surface area contributed by atoms with E-state index in [0.29, 0.717) is 12.0 Å². The molecule has 2 aliphatic rings. The van der Waals surface area contributed by atoms with Crippen LogP contribution in [0.1, 0.15) is 59.3 Å². The van der Waals surface area contributed by atoms with E-state index in [-0.39, 0.29) is 0 Å². The van der Waals surface area contributed by atoms with Gasteiger partial charge in [0.1, 0.15) is 0 Å². The molecule has 1 aliphatic carbocycles. The molecule has 1 heterocycles. The number of piperidine rings is 1. The number of rotatable bonds is 1. The van der Waals surface area contributed by atoms with Crippen LogP contribution in [0.25, 0.3) is 0 Å². The maximum Gasteiger partial charge on any atom is 0.0815 e. The number of nitrogens with zero attached hydrogens (tertiary/aromatic N) is 1. The highest BCUT2D eigenvalue weighted by Gasteiger charge is 2.34. The molecule has 0 radical (unpaired) electrons. The van der Waals surface area contributed by atoms with Gasteiger partial charge in [0, 0.05) is 18.5 Å². The fourth-order valence-corrected chi connectivity index (χ4v) is 4.19. The number of hydrogen-bond acceptors (Lipinski definition) is 1. The van der Waals surface area contributed by atoms with Gasteiger partial charge in [-0.3, -0.25) is 0 Å². The molecule has 1 saturated carbocycles. The Morgan fingerprint density at radius 1 is 1.12 bits per heavy atom. The molecule has 17 heavy (non-hydrogen) atoms. The van der Waals surface area contributed by atoms with Gasteiger partial charge in [-0.1, -0.05) is 38.4 Å². The van der Waals surface area contributed by atoms with Crippen molar-refractivity contribution in [2.24, 2.45) is 17.8 Å². The van der Waals surface area contributed by atoms with Gasteiger partial charge in [0.15, 0.2) is 0 Å². The molecule has 0 aromatic rings. The molecule has 0 amide bonds. The van der Waals surface area contributed by atoms with E-state index in [1.54, 1.807) is 0 Å². The second-order valence-corrected chi connectivity index (χ2v) is 6.81. The summed E-state index contributed by atoms with van der Waals surface area (Å²) in [4.78, 5) is 3.76. The molecule has 0 aromatic heterocycles. The Labute approximate surface area is 112 Å². The first-order valence-corrected chi connectivity index (χ1v) is 7.81. The van der Waals surface area contributed by atoms with Crippen LogP contribution in [0.4, 0.5) is 0 Å². The van der Waals surface area contributed by atoms with E-state index in [1.807, 2.05) is 0 Å². The van der Waals surface area contributed by atoms with Crippen molar-refractivity contribution in [2.75, 3.05) is 6.54 Å². The molecule has 2 fully saturated rings. The van der Waals surface area contributed by atoms with E-state index in [1.165, 1.54) is 50.1 Å². The van der Waals surface area contributed by atoms with Crippen molar-refractivity contribution < 1.29 is 0 Å². The minimum atomic E-state index is 0.591. The molecule has 98 valence electrons. The highest BCUT2D eigenvalue weighted by molar-refractivity contribution is 7.80. The lowest BCUT2D eigenvalue weighted by Gasteiger charge is -2.43. The van der Waals surface area contributed by atoms with Crippen molar-refractivity contribution in [3.05, 3.63) is 0 Å². The molecular weight excluding hydrogens is 226 g/mol. The molecule has 0 spiro atoms. The van der Waals surface area contributed by atoms with Gasteiger partial charge in [0.25, 0.3) is 0 Å². The number of fused-ring (bicyclic) bond motifs is 1. The van der Waals surface area contributed by atoms with Gasteiger partial charge in [0.05, 0.1) is 4.99 Å². The second kappa shape index (κ2) is 5.69. The third-order valence-electron chi connectivity index (χ3n) is 4.78. The smallest absolute Gasteiger partial charge is 0.0815 e. The summed E-state index contributed by atoms with van der Waals surface area (Å²) >= 11 is 5.76. The van der Waals surface area contributed by atoms with E-state index < -0.39 is 0 Å². The normalized spacial score (nSPS) is 35.4. The van der Waals surface area contributed by atoms with E-state index in [9.17, 15) is 0 Å². The van der Waals surface area contributed by atoms with Gasteiger partial charge in [-0.25, -0.2) is 0 Å². The van der Waals surface area contributed by atoms with Crippen molar-refractivity contribution in [1.82, 2.24) is 4.90 Å². The third-order valence-corrected chi connectivity index (χ3v) is 5.31. The van der Waals surface area contributed by atoms with Crippen LogP contribution in [-0.4, -0.2) is 22.5 Å². The summed E-state index contributed by atoms with van der Waals surface area (Å²) in [6, 6.07) is 0.591. The van der Waals surface area contributed by atoms with Gasteiger partial charge in [-0.15, -0.1) is 0 Å². The Bertz CT molecular complexity index is 274. The van der Waals surface area contributed by atoms with E-state index in [4.69, 9.17) is 12.2 Å². The lowest BCUT2D eigenvalue weighted by Crippen LogP contribution is -2.48. The zero-order valence-electron chi connectivity index (χ0n) is 11.6. The lowest BCUT2D eigenvalue weighted by molar-refractivity contribution is 0.192. The Balaban J connectivity index is 2.04. The summed E-state index contributed by atoms with van der Waals surface area (Å²) in [5, 5.41) is 0. The van der Waals surface area contributed by atoms with Crippen LogP contribution in [0, 0.1) is 17.8 Å². The Hall–Kier alpha value is -0.110. The topological polar surface area (TPSA) is 3.24 Å². The molecule has 0 bridgehead atoms. The highest BCUT2D eigenvalue weighted by Crippen LogP contribution is 2.37. The molecular formula is C15H27NS. The lowest BCUT2D eigenvalue weighted by atomic mass is 9.75. The predicted molar refractivity (Wildman–Crippen MR) is 78.3 cm³/mol. The maximum atomic E-state index is 5.76. The molecule has 1 saturated heterocycles. The number of thiocarbonyl (C=S) groups is 1. The van der Waals surface area contributed by atoms with Crippen LogP contribution in [0.3, 0.4) is 0 Å². The van der Waals surface area contributed by atoms with Crippen molar-refractivity contribution in [3.8, 4) is 0 Å². The van der Waals surface area contributed by atoms with Gasteiger partial charge in [-0.2, -0.15) is 0 Å². The average Bonchev–Trinajstić information content (AvgIpc) is 2.25. The molecule has 0 N–H and O–H groups in total. The third kappa shape index (κ3) is 3.01. The summed E-state index contributed by atoms with van der Waals surface area (Å²) in [7, 11) is 0. The molecule has 3 atom stereocenters. The van der Waals surface area contributed by atoms with Crippen molar-refractivity contribution in [1.29, 1.82) is 0 Å². The highest BCUT2D eigenvalue weighted by atomic mass is 32.1. The van der Waals surface area contributed by atoms with E-state index in [2.05, 4.69) is 25.7 Å². The molecule has 2 rings (SSSR count). The number of likely N-dealkylation sites (tertiary alicyclic amines) is 1. The molecule has 1 nitrogen and oxygen atoms in total. The van der Waals surface area contributed by atoms with Crippen molar-refractivity contribution in [2.45, 2.75) is 65.3 Å². The Kier molecular flexibility index (Phi) is 4.46. The summed E-state index contributed by atoms with van der Waals surface area (Å²) < 4.78 is 0. The van der Waals surface area contributed by atoms with Crippen molar-refractivity contribution >= 4 is 17.2 Å². The standard InChI is InChI=1S/C15H27NS/c1-11(2)16-10-9-13-8-7-12(3)5-4-6-14(13)15(16)17/h11-14H,4-10H2,1-3H3. The minimum absolute atomic E-state index is 0.591. The fourth-order valence-electron chi connectivity index (χ4n) is 3.58. The van der Waals surface area contributed by atoms with Crippen LogP contribution < -0.4 is 0 Å². The van der Waals surface area contributed by atoms with Crippen LogP contribution in [0.15, 0.2) is 0 Å². The summed E-state index contributed by atoms with van der Waals surface area (Å²) in [6.45, 7) is 8.17. The Morgan fingerprint density at radius 3 is 2.59 bits per heavy atom. The zero-order chi connectivity index (χ0) is 12.4. The fraction of sp³-hybridized carbons (Fsp3) is 0.933. The van der Waals surface area contributed by atoms with Gasteiger partial charge in [0.2, 0.25) is 0 Å². The quantitative estimate of drug-likeness (QED) is 0.642. The van der Waals surface area contributed by atoms with Crippen molar-refractivity contribution in [3.63, 3.8) is 0 Å².